The van der Waals surface area contributed by atoms with E-state index in [0.717, 1.165) is 30.9 Å². The van der Waals surface area contributed by atoms with Gasteiger partial charge in [0, 0.05) is 30.7 Å². The topological polar surface area (TPSA) is 70.2 Å². The second-order valence-electron chi connectivity index (χ2n) is 6.75. The number of piperidine rings is 1. The smallest absolute Gasteiger partial charge is 0.323 e. The number of rotatable bonds is 4. The van der Waals surface area contributed by atoms with Gasteiger partial charge in [-0.3, -0.25) is 5.32 Å². The van der Waals surface area contributed by atoms with E-state index < -0.39 is 0 Å². The number of carbonyl (C=O) groups is 1. The monoisotopic (exact) mass is 359 g/mol. The van der Waals surface area contributed by atoms with Gasteiger partial charge in [0.2, 0.25) is 5.13 Å². The Morgan fingerprint density at radius 3 is 2.60 bits per heavy atom. The summed E-state index contributed by atoms with van der Waals surface area (Å²) in [5.74, 6) is 0.325. The predicted octanol–water partition coefficient (Wildman–Crippen LogP) is 4.08. The molecule has 1 aliphatic heterocycles. The Balaban J connectivity index is 1.49. The standard InChI is InChI=1S/C18H25N5OS/c1-12(2)16-21-22-17(25-16)20-18(24)23-10-8-14(9-11-23)19-15-7-5-4-6-13(15)3/h4-7,12,14,19H,8-11H2,1-3H3,(H,20,22,24). The lowest BCUT2D eigenvalue weighted by Crippen LogP contribution is -2.44. The van der Waals surface area contributed by atoms with Gasteiger partial charge in [-0.2, -0.15) is 0 Å². The number of carbonyl (C=O) groups excluding carboxylic acids is 1. The Kier molecular flexibility index (Phi) is 5.53. The molecule has 2 aromatic rings. The third kappa shape index (κ3) is 4.48. The molecule has 0 radical (unpaired) electrons. The molecule has 25 heavy (non-hydrogen) atoms. The number of hydrogen-bond acceptors (Lipinski definition) is 5. The number of urea groups is 1. The zero-order chi connectivity index (χ0) is 17.8. The maximum atomic E-state index is 12.4. The van der Waals surface area contributed by atoms with E-state index in [1.807, 2.05) is 17.0 Å². The third-order valence-corrected chi connectivity index (χ3v) is 5.57. The highest BCUT2D eigenvalue weighted by molar-refractivity contribution is 7.15. The molecule has 3 rings (SSSR count). The van der Waals surface area contributed by atoms with Gasteiger partial charge in [0.05, 0.1) is 0 Å². The second-order valence-corrected chi connectivity index (χ2v) is 7.76. The van der Waals surface area contributed by atoms with Gasteiger partial charge in [-0.05, 0) is 31.4 Å². The fourth-order valence-electron chi connectivity index (χ4n) is 2.87. The average Bonchev–Trinajstić information content (AvgIpc) is 3.06. The van der Waals surface area contributed by atoms with Crippen molar-refractivity contribution >= 4 is 28.2 Å². The quantitative estimate of drug-likeness (QED) is 0.863. The van der Waals surface area contributed by atoms with Gasteiger partial charge in [-0.1, -0.05) is 43.4 Å². The fourth-order valence-corrected chi connectivity index (χ4v) is 3.61. The zero-order valence-corrected chi connectivity index (χ0v) is 15.8. The lowest BCUT2D eigenvalue weighted by Gasteiger charge is -2.32. The van der Waals surface area contributed by atoms with Crippen LogP contribution in [0.25, 0.3) is 0 Å². The van der Waals surface area contributed by atoms with Gasteiger partial charge < -0.3 is 10.2 Å². The minimum atomic E-state index is -0.0826. The Hall–Kier alpha value is -2.15. The first-order valence-electron chi connectivity index (χ1n) is 8.74. The third-order valence-electron chi connectivity index (χ3n) is 4.44. The normalized spacial score (nSPS) is 15.4. The lowest BCUT2D eigenvalue weighted by molar-refractivity contribution is 0.197. The molecule has 0 atom stereocenters. The van der Waals surface area contributed by atoms with Crippen molar-refractivity contribution in [3.8, 4) is 0 Å². The van der Waals surface area contributed by atoms with Crippen LogP contribution in [0.4, 0.5) is 15.6 Å². The summed E-state index contributed by atoms with van der Waals surface area (Å²) in [6, 6.07) is 8.63. The molecule has 0 bridgehead atoms. The van der Waals surface area contributed by atoms with E-state index in [1.54, 1.807) is 0 Å². The van der Waals surface area contributed by atoms with E-state index in [2.05, 4.69) is 53.7 Å². The number of para-hydroxylation sites is 1. The number of anilines is 2. The number of nitrogens with zero attached hydrogens (tertiary/aromatic N) is 3. The van der Waals surface area contributed by atoms with Crippen LogP contribution in [0.15, 0.2) is 24.3 Å². The van der Waals surface area contributed by atoms with Crippen LogP contribution in [0.5, 0.6) is 0 Å². The first-order valence-corrected chi connectivity index (χ1v) is 9.56. The van der Waals surface area contributed by atoms with Gasteiger partial charge in [-0.15, -0.1) is 10.2 Å². The predicted molar refractivity (Wildman–Crippen MR) is 102 cm³/mol. The molecule has 7 heteroatoms. The number of aromatic nitrogens is 2. The minimum Gasteiger partial charge on any atom is -0.382 e. The zero-order valence-electron chi connectivity index (χ0n) is 15.0. The molecule has 0 unspecified atom stereocenters. The molecular weight excluding hydrogens is 334 g/mol. The summed E-state index contributed by atoms with van der Waals surface area (Å²) in [4.78, 5) is 14.3. The molecule has 1 aromatic heterocycles. The Labute approximate surface area is 152 Å². The first kappa shape index (κ1) is 17.7. The number of aryl methyl sites for hydroxylation is 1. The van der Waals surface area contributed by atoms with Crippen LogP contribution < -0.4 is 10.6 Å². The van der Waals surface area contributed by atoms with Crippen molar-refractivity contribution in [3.05, 3.63) is 34.8 Å². The first-order chi connectivity index (χ1) is 12.0. The van der Waals surface area contributed by atoms with Crippen LogP contribution in [0.3, 0.4) is 0 Å². The molecule has 0 saturated carbocycles. The molecule has 6 nitrogen and oxygen atoms in total. The molecule has 2 N–H and O–H groups in total. The molecule has 2 amide bonds. The van der Waals surface area contributed by atoms with E-state index in [1.165, 1.54) is 22.6 Å². The van der Waals surface area contributed by atoms with E-state index >= 15 is 0 Å². The average molecular weight is 359 g/mol. The Morgan fingerprint density at radius 1 is 1.24 bits per heavy atom. The number of hydrogen-bond donors (Lipinski definition) is 2. The van der Waals surface area contributed by atoms with Crippen molar-refractivity contribution in [2.75, 3.05) is 23.7 Å². The van der Waals surface area contributed by atoms with Crippen molar-refractivity contribution in [1.29, 1.82) is 0 Å². The van der Waals surface area contributed by atoms with Crippen LogP contribution in [-0.2, 0) is 0 Å². The van der Waals surface area contributed by atoms with E-state index in [-0.39, 0.29) is 6.03 Å². The number of likely N-dealkylation sites (tertiary alicyclic amines) is 1. The molecular formula is C18H25N5OS. The summed E-state index contributed by atoms with van der Waals surface area (Å²) < 4.78 is 0. The largest absolute Gasteiger partial charge is 0.382 e. The summed E-state index contributed by atoms with van der Waals surface area (Å²) in [5.41, 5.74) is 2.43. The molecule has 0 spiro atoms. The Bertz CT molecular complexity index is 722. The molecule has 1 aliphatic rings. The number of benzene rings is 1. The van der Waals surface area contributed by atoms with Crippen molar-refractivity contribution in [3.63, 3.8) is 0 Å². The lowest BCUT2D eigenvalue weighted by atomic mass is 10.0. The Morgan fingerprint density at radius 2 is 1.96 bits per heavy atom. The van der Waals surface area contributed by atoms with Crippen LogP contribution in [0.1, 0.15) is 43.2 Å². The van der Waals surface area contributed by atoms with Crippen LogP contribution in [0.2, 0.25) is 0 Å². The number of amides is 2. The summed E-state index contributed by atoms with van der Waals surface area (Å²) in [6.45, 7) is 7.73. The van der Waals surface area contributed by atoms with Crippen molar-refractivity contribution < 1.29 is 4.79 Å². The molecule has 1 fully saturated rings. The van der Waals surface area contributed by atoms with Gasteiger partial charge >= 0.3 is 6.03 Å². The van der Waals surface area contributed by atoms with Crippen LogP contribution in [0, 0.1) is 6.92 Å². The molecule has 1 aromatic carbocycles. The van der Waals surface area contributed by atoms with E-state index in [9.17, 15) is 4.79 Å². The highest BCUT2D eigenvalue weighted by atomic mass is 32.1. The minimum absolute atomic E-state index is 0.0826. The molecule has 1 saturated heterocycles. The van der Waals surface area contributed by atoms with E-state index in [0.29, 0.717) is 17.1 Å². The molecule has 0 aliphatic carbocycles. The summed E-state index contributed by atoms with van der Waals surface area (Å²) >= 11 is 1.44. The van der Waals surface area contributed by atoms with Crippen LogP contribution >= 0.6 is 11.3 Å². The fraction of sp³-hybridized carbons (Fsp3) is 0.500. The van der Waals surface area contributed by atoms with Crippen molar-refractivity contribution in [1.82, 2.24) is 15.1 Å². The number of nitrogens with one attached hydrogen (secondary N) is 2. The highest BCUT2D eigenvalue weighted by Crippen LogP contribution is 2.24. The highest BCUT2D eigenvalue weighted by Gasteiger charge is 2.23. The SMILES string of the molecule is Cc1ccccc1NC1CCN(C(=O)Nc2nnc(C(C)C)s2)CC1. The van der Waals surface area contributed by atoms with Gasteiger partial charge in [0.25, 0.3) is 0 Å². The second kappa shape index (κ2) is 7.82. The van der Waals surface area contributed by atoms with Gasteiger partial charge in [0.1, 0.15) is 5.01 Å². The van der Waals surface area contributed by atoms with Crippen molar-refractivity contribution in [2.24, 2.45) is 0 Å². The van der Waals surface area contributed by atoms with Crippen LogP contribution in [-0.4, -0.2) is 40.3 Å². The summed E-state index contributed by atoms with van der Waals surface area (Å²) in [6.07, 6.45) is 1.88. The van der Waals surface area contributed by atoms with E-state index in [4.69, 9.17) is 0 Å². The van der Waals surface area contributed by atoms with Gasteiger partial charge in [-0.25, -0.2) is 4.79 Å². The molecule has 2 heterocycles. The maximum Gasteiger partial charge on any atom is 0.323 e. The summed E-state index contributed by atoms with van der Waals surface area (Å²) in [7, 11) is 0. The maximum absolute atomic E-state index is 12.4. The molecule has 134 valence electrons. The van der Waals surface area contributed by atoms with Gasteiger partial charge in [0.15, 0.2) is 0 Å². The summed E-state index contributed by atoms with van der Waals surface area (Å²) in [5, 5.41) is 16.1. The van der Waals surface area contributed by atoms with Crippen molar-refractivity contribution in [2.45, 2.75) is 45.6 Å².